The fourth-order valence-electron chi connectivity index (χ4n) is 6.58. The third-order valence-electron chi connectivity index (χ3n) is 9.17. The summed E-state index contributed by atoms with van der Waals surface area (Å²) in [5, 5.41) is 26.2. The number of carbonyl (C=O) groups excluding carboxylic acids is 3. The molecule has 2 aromatic carbocycles. The van der Waals surface area contributed by atoms with Crippen LogP contribution < -0.4 is 10.6 Å². The van der Waals surface area contributed by atoms with E-state index in [4.69, 9.17) is 4.74 Å². The summed E-state index contributed by atoms with van der Waals surface area (Å²) in [6.07, 6.45) is 6.39. The van der Waals surface area contributed by atoms with Crippen LogP contribution in [-0.4, -0.2) is 75.5 Å². The average molecular weight is 623 g/mol. The van der Waals surface area contributed by atoms with Crippen LogP contribution in [-0.2, 0) is 34.0 Å². The Morgan fingerprint density at radius 1 is 0.933 bits per heavy atom. The summed E-state index contributed by atoms with van der Waals surface area (Å²) in [6.45, 7) is 1.25. The van der Waals surface area contributed by atoms with Gasteiger partial charge in [0.25, 0.3) is 0 Å². The van der Waals surface area contributed by atoms with Crippen molar-refractivity contribution in [2.45, 2.75) is 108 Å². The van der Waals surface area contributed by atoms with Gasteiger partial charge in [0.05, 0.1) is 18.5 Å². The smallest absolute Gasteiger partial charge is 0.444 e. The Labute approximate surface area is 264 Å². The third kappa shape index (κ3) is 8.83. The van der Waals surface area contributed by atoms with E-state index >= 15 is 0 Å². The lowest BCUT2D eigenvalue weighted by Crippen LogP contribution is -2.56. The lowest BCUT2D eigenvalue weighted by Gasteiger charge is -2.30. The Bertz CT molecular complexity index is 1290. The van der Waals surface area contributed by atoms with Gasteiger partial charge in [-0.3, -0.25) is 14.5 Å². The molecule has 2 saturated heterocycles. The van der Waals surface area contributed by atoms with Crippen molar-refractivity contribution in [3.8, 4) is 0 Å². The minimum Gasteiger partial charge on any atom is -0.444 e. The number of rotatable bonds is 5. The van der Waals surface area contributed by atoms with Crippen molar-refractivity contribution in [1.82, 2.24) is 20.4 Å². The monoisotopic (exact) mass is 622 g/mol. The highest BCUT2D eigenvalue weighted by Gasteiger charge is 2.44. The number of nitrogens with zero attached hydrogens (tertiary/aromatic N) is 2. The number of benzene rings is 2. The summed E-state index contributed by atoms with van der Waals surface area (Å²) in [7, 11) is -1.74. The molecule has 5 rings (SSSR count). The second kappa shape index (κ2) is 15.7. The quantitative estimate of drug-likeness (QED) is 0.376. The third-order valence-corrected chi connectivity index (χ3v) is 9.17. The Balaban J connectivity index is 1.33. The SMILES string of the molecule is O=C1N[C@@H](B(O)O)CCCCCCCCCC(NCc2ccc(F)cc2)C(=O)N2C[C@H](OC(=O)N3Cc4ccccc4C3)C[C@@H]12. The van der Waals surface area contributed by atoms with Crippen molar-refractivity contribution in [1.29, 1.82) is 0 Å². The highest BCUT2D eigenvalue weighted by atomic mass is 19.1. The summed E-state index contributed by atoms with van der Waals surface area (Å²) >= 11 is 0. The maximum atomic E-state index is 14.2. The molecule has 0 radical (unpaired) electrons. The number of fused-ring (bicyclic) bond motifs is 2. The molecule has 3 aliphatic heterocycles. The van der Waals surface area contributed by atoms with Crippen LogP contribution in [0.25, 0.3) is 0 Å². The molecule has 3 heterocycles. The Morgan fingerprint density at radius 3 is 2.20 bits per heavy atom. The fourth-order valence-corrected chi connectivity index (χ4v) is 6.58. The minimum absolute atomic E-state index is 0.0462. The second-order valence-corrected chi connectivity index (χ2v) is 12.5. The van der Waals surface area contributed by atoms with Gasteiger partial charge >= 0.3 is 13.2 Å². The van der Waals surface area contributed by atoms with Crippen molar-refractivity contribution in [3.63, 3.8) is 0 Å². The van der Waals surface area contributed by atoms with Gasteiger partial charge in [0.15, 0.2) is 0 Å². The maximum absolute atomic E-state index is 14.2. The largest absolute Gasteiger partial charge is 0.475 e. The van der Waals surface area contributed by atoms with E-state index in [9.17, 15) is 28.8 Å². The average Bonchev–Trinajstić information content (AvgIpc) is 3.66. The summed E-state index contributed by atoms with van der Waals surface area (Å²) < 4.78 is 19.4. The summed E-state index contributed by atoms with van der Waals surface area (Å²) in [5.41, 5.74) is 2.94. The molecule has 4 atom stereocenters. The predicted molar refractivity (Wildman–Crippen MR) is 167 cm³/mol. The molecule has 2 fully saturated rings. The molecule has 0 spiro atoms. The number of amides is 3. The molecular formula is C33H44BFN4O6. The maximum Gasteiger partial charge on any atom is 0.475 e. The van der Waals surface area contributed by atoms with Crippen LogP contribution in [0, 0.1) is 5.82 Å². The lowest BCUT2D eigenvalue weighted by molar-refractivity contribution is -0.140. The van der Waals surface area contributed by atoms with Crippen LogP contribution in [0.4, 0.5) is 9.18 Å². The Morgan fingerprint density at radius 2 is 1.56 bits per heavy atom. The summed E-state index contributed by atoms with van der Waals surface area (Å²) in [5.74, 6) is -2.00. The van der Waals surface area contributed by atoms with E-state index < -0.39 is 43.2 Å². The fraction of sp³-hybridized carbons (Fsp3) is 0.545. The minimum atomic E-state index is -1.74. The molecule has 4 N–H and O–H groups in total. The van der Waals surface area contributed by atoms with Gasteiger partial charge < -0.3 is 30.3 Å². The van der Waals surface area contributed by atoms with E-state index in [1.165, 1.54) is 17.0 Å². The molecular weight excluding hydrogens is 578 g/mol. The van der Waals surface area contributed by atoms with Crippen LogP contribution in [0.5, 0.6) is 0 Å². The second-order valence-electron chi connectivity index (χ2n) is 12.5. The van der Waals surface area contributed by atoms with Crippen LogP contribution in [0.3, 0.4) is 0 Å². The van der Waals surface area contributed by atoms with Crippen molar-refractivity contribution < 1.29 is 33.6 Å². The molecule has 2 aromatic rings. The molecule has 10 nitrogen and oxygen atoms in total. The molecule has 3 aliphatic rings. The first kappa shape index (κ1) is 32.9. The van der Waals surface area contributed by atoms with Crippen LogP contribution in [0.2, 0.25) is 0 Å². The Kier molecular flexibility index (Phi) is 11.5. The van der Waals surface area contributed by atoms with Gasteiger partial charge in [-0.05, 0) is 41.7 Å². The molecule has 12 heteroatoms. The first-order valence-electron chi connectivity index (χ1n) is 16.3. The summed E-state index contributed by atoms with van der Waals surface area (Å²) in [4.78, 5) is 44.1. The Hall–Kier alpha value is -3.48. The van der Waals surface area contributed by atoms with E-state index in [2.05, 4.69) is 10.6 Å². The van der Waals surface area contributed by atoms with E-state index in [1.54, 1.807) is 17.0 Å². The van der Waals surface area contributed by atoms with Crippen molar-refractivity contribution in [2.24, 2.45) is 0 Å². The highest BCUT2D eigenvalue weighted by molar-refractivity contribution is 6.43. The molecule has 0 bridgehead atoms. The number of carbonyl (C=O) groups is 3. The molecule has 0 saturated carbocycles. The van der Waals surface area contributed by atoms with Gasteiger partial charge in [-0.1, -0.05) is 81.3 Å². The zero-order valence-corrected chi connectivity index (χ0v) is 25.7. The van der Waals surface area contributed by atoms with Crippen LogP contribution >= 0.6 is 0 Å². The van der Waals surface area contributed by atoms with Crippen LogP contribution in [0.1, 0.15) is 80.9 Å². The summed E-state index contributed by atoms with van der Waals surface area (Å²) in [6, 6.07) is 12.3. The first-order valence-corrected chi connectivity index (χ1v) is 16.3. The number of hydrogen-bond donors (Lipinski definition) is 4. The van der Waals surface area contributed by atoms with Crippen LogP contribution in [0.15, 0.2) is 48.5 Å². The molecule has 1 unspecified atom stereocenters. The molecule has 0 aromatic heterocycles. The number of nitrogens with one attached hydrogen (secondary N) is 2. The molecule has 0 aliphatic carbocycles. The van der Waals surface area contributed by atoms with E-state index in [0.29, 0.717) is 32.5 Å². The van der Waals surface area contributed by atoms with Gasteiger partial charge in [-0.25, -0.2) is 9.18 Å². The number of hydrogen-bond acceptors (Lipinski definition) is 7. The zero-order valence-electron chi connectivity index (χ0n) is 25.7. The highest BCUT2D eigenvalue weighted by Crippen LogP contribution is 2.27. The lowest BCUT2D eigenvalue weighted by atomic mass is 9.76. The van der Waals surface area contributed by atoms with Gasteiger partial charge in [0.1, 0.15) is 18.0 Å². The number of ether oxygens (including phenoxy) is 1. The molecule has 45 heavy (non-hydrogen) atoms. The predicted octanol–water partition coefficient (Wildman–Crippen LogP) is 3.43. The standard InChI is InChI=1S/C33H44BFN4O6/c35-26-16-14-23(15-17-26)19-36-28-12-6-4-2-1-3-5-7-13-30(34(43)44)37-31(40)29-18-27(22-39(29)32(28)41)45-33(42)38-20-24-10-8-9-11-25(24)21-38/h8-11,14-17,27-30,36,43-44H,1-7,12-13,18-22H2,(H,37,40)/t27-,28?,29+,30-/m1/s1. The van der Waals surface area contributed by atoms with E-state index in [0.717, 1.165) is 61.6 Å². The molecule has 242 valence electrons. The van der Waals surface area contributed by atoms with Gasteiger partial charge in [0.2, 0.25) is 11.8 Å². The van der Waals surface area contributed by atoms with Gasteiger partial charge in [-0.15, -0.1) is 0 Å². The van der Waals surface area contributed by atoms with Crippen molar-refractivity contribution in [3.05, 3.63) is 71.0 Å². The number of halogens is 1. The van der Waals surface area contributed by atoms with E-state index in [-0.39, 0.29) is 24.7 Å². The zero-order chi connectivity index (χ0) is 31.8. The van der Waals surface area contributed by atoms with E-state index in [1.807, 2.05) is 24.3 Å². The van der Waals surface area contributed by atoms with Crippen molar-refractivity contribution in [2.75, 3.05) is 6.54 Å². The topological polar surface area (TPSA) is 131 Å². The van der Waals surface area contributed by atoms with Crippen molar-refractivity contribution >= 4 is 25.0 Å². The van der Waals surface area contributed by atoms with Gasteiger partial charge in [-0.2, -0.15) is 0 Å². The normalized spacial score (nSPS) is 25.0. The first-order chi connectivity index (χ1) is 21.8. The van der Waals surface area contributed by atoms with Gasteiger partial charge in [0, 0.05) is 26.1 Å². The molecule has 3 amide bonds.